The lowest BCUT2D eigenvalue weighted by Gasteiger charge is -2.06. The summed E-state index contributed by atoms with van der Waals surface area (Å²) in [6.07, 6.45) is 2.53. The molecular formula is C15H22O2S. The number of ether oxygens (including phenoxy) is 1. The van der Waals surface area contributed by atoms with Gasteiger partial charge >= 0.3 is 0 Å². The van der Waals surface area contributed by atoms with Crippen LogP contribution in [0.3, 0.4) is 0 Å². The number of benzene rings is 1. The Labute approximate surface area is 114 Å². The molecule has 0 unspecified atom stereocenters. The van der Waals surface area contributed by atoms with E-state index in [1.54, 1.807) is 6.92 Å². The number of hydrogen-bond donors (Lipinski definition) is 0. The molecular weight excluding hydrogens is 244 g/mol. The Hall–Kier alpha value is -0.960. The molecule has 0 amide bonds. The second-order valence-electron chi connectivity index (χ2n) is 4.24. The second-order valence-corrected chi connectivity index (χ2v) is 5.64. The van der Waals surface area contributed by atoms with Crippen molar-refractivity contribution in [3.8, 4) is 5.75 Å². The van der Waals surface area contributed by atoms with Gasteiger partial charge in [0.25, 0.3) is 0 Å². The predicted octanol–water partition coefficient (Wildman–Crippen LogP) is 3.73. The van der Waals surface area contributed by atoms with Crippen LogP contribution in [-0.4, -0.2) is 23.9 Å². The molecule has 0 saturated heterocycles. The first-order valence-corrected chi connectivity index (χ1v) is 7.66. The average Bonchev–Trinajstić information content (AvgIpc) is 2.37. The number of Topliss-reactive ketones (excluding diaryl/α,β-unsaturated/α-hetero) is 1. The number of thioether (sulfide) groups is 1. The molecule has 0 aliphatic carbocycles. The van der Waals surface area contributed by atoms with Gasteiger partial charge in [-0.1, -0.05) is 19.1 Å². The van der Waals surface area contributed by atoms with E-state index in [-0.39, 0.29) is 5.78 Å². The largest absolute Gasteiger partial charge is 0.494 e. The fourth-order valence-electron chi connectivity index (χ4n) is 1.57. The van der Waals surface area contributed by atoms with Crippen LogP contribution in [0, 0.1) is 0 Å². The number of aryl methyl sites for hydroxylation is 1. The molecule has 100 valence electrons. The third kappa shape index (κ3) is 6.70. The van der Waals surface area contributed by atoms with E-state index in [0.717, 1.165) is 31.0 Å². The molecule has 0 atom stereocenters. The van der Waals surface area contributed by atoms with E-state index < -0.39 is 0 Å². The summed E-state index contributed by atoms with van der Waals surface area (Å²) in [5, 5.41) is 0. The van der Waals surface area contributed by atoms with Crippen LogP contribution in [0.5, 0.6) is 5.75 Å². The summed E-state index contributed by atoms with van der Waals surface area (Å²) in [4.78, 5) is 10.9. The van der Waals surface area contributed by atoms with Crippen molar-refractivity contribution < 1.29 is 9.53 Å². The zero-order valence-corrected chi connectivity index (χ0v) is 12.1. The lowest BCUT2D eigenvalue weighted by molar-refractivity contribution is -0.116. The lowest BCUT2D eigenvalue weighted by atomic mass is 10.1. The fraction of sp³-hybridized carbons (Fsp3) is 0.533. The monoisotopic (exact) mass is 266 g/mol. The minimum absolute atomic E-state index is 0.240. The third-order valence-electron chi connectivity index (χ3n) is 2.59. The Morgan fingerprint density at radius 3 is 2.61 bits per heavy atom. The minimum atomic E-state index is 0.240. The maximum atomic E-state index is 10.9. The first kappa shape index (κ1) is 15.1. The van der Waals surface area contributed by atoms with Crippen LogP contribution in [0.2, 0.25) is 0 Å². The average molecular weight is 266 g/mol. The highest BCUT2D eigenvalue weighted by Gasteiger charge is 1.98. The van der Waals surface area contributed by atoms with Crippen LogP contribution in [0.4, 0.5) is 0 Å². The molecule has 0 fully saturated rings. The van der Waals surface area contributed by atoms with E-state index in [1.807, 2.05) is 36.0 Å². The zero-order valence-electron chi connectivity index (χ0n) is 11.3. The van der Waals surface area contributed by atoms with Crippen molar-refractivity contribution in [1.29, 1.82) is 0 Å². The molecule has 0 radical (unpaired) electrons. The van der Waals surface area contributed by atoms with Crippen molar-refractivity contribution in [2.75, 3.05) is 18.1 Å². The summed E-state index contributed by atoms with van der Waals surface area (Å²) in [6.45, 7) is 4.58. The predicted molar refractivity (Wildman–Crippen MR) is 78.6 cm³/mol. The molecule has 2 nitrogen and oxygen atoms in total. The maximum absolute atomic E-state index is 10.9. The van der Waals surface area contributed by atoms with E-state index in [4.69, 9.17) is 4.74 Å². The summed E-state index contributed by atoms with van der Waals surface area (Å²) in [7, 11) is 0. The van der Waals surface area contributed by atoms with Gasteiger partial charge in [0.15, 0.2) is 0 Å². The fourth-order valence-corrected chi connectivity index (χ4v) is 2.18. The normalized spacial score (nSPS) is 10.3. The minimum Gasteiger partial charge on any atom is -0.494 e. The van der Waals surface area contributed by atoms with Gasteiger partial charge in [-0.25, -0.2) is 0 Å². The topological polar surface area (TPSA) is 26.3 Å². The van der Waals surface area contributed by atoms with E-state index >= 15 is 0 Å². The van der Waals surface area contributed by atoms with Crippen LogP contribution in [0.15, 0.2) is 24.3 Å². The summed E-state index contributed by atoms with van der Waals surface area (Å²) in [5.41, 5.74) is 1.19. The third-order valence-corrected chi connectivity index (χ3v) is 3.58. The molecule has 0 heterocycles. The first-order valence-electron chi connectivity index (χ1n) is 6.51. The summed E-state index contributed by atoms with van der Waals surface area (Å²) in [6, 6.07) is 8.06. The second kappa shape index (κ2) is 9.03. The van der Waals surface area contributed by atoms with Crippen molar-refractivity contribution in [2.24, 2.45) is 0 Å². The van der Waals surface area contributed by atoms with Crippen molar-refractivity contribution in [3.05, 3.63) is 29.8 Å². The van der Waals surface area contributed by atoms with Crippen LogP contribution < -0.4 is 4.74 Å². The van der Waals surface area contributed by atoms with Crippen molar-refractivity contribution in [3.63, 3.8) is 0 Å². The molecule has 1 rings (SSSR count). The smallest absolute Gasteiger partial charge is 0.130 e. The van der Waals surface area contributed by atoms with Crippen LogP contribution in [0.25, 0.3) is 0 Å². The van der Waals surface area contributed by atoms with E-state index in [9.17, 15) is 4.79 Å². The highest BCUT2D eigenvalue weighted by atomic mass is 32.2. The Bertz CT molecular complexity index is 346. The quantitative estimate of drug-likeness (QED) is 0.637. The summed E-state index contributed by atoms with van der Waals surface area (Å²) in [5.74, 6) is 3.49. The van der Waals surface area contributed by atoms with Crippen molar-refractivity contribution in [2.45, 2.75) is 33.1 Å². The van der Waals surface area contributed by atoms with E-state index in [0.29, 0.717) is 6.42 Å². The molecule has 0 saturated carbocycles. The first-order chi connectivity index (χ1) is 8.72. The molecule has 0 aromatic heterocycles. The van der Waals surface area contributed by atoms with E-state index in [1.165, 1.54) is 11.3 Å². The van der Waals surface area contributed by atoms with Gasteiger partial charge in [-0.3, -0.25) is 0 Å². The molecule has 0 aliphatic rings. The van der Waals surface area contributed by atoms with Gasteiger partial charge in [0.1, 0.15) is 11.5 Å². The molecule has 0 N–H and O–H groups in total. The molecule has 18 heavy (non-hydrogen) atoms. The Balaban J connectivity index is 2.25. The molecule has 0 bridgehead atoms. The van der Waals surface area contributed by atoms with Gasteiger partial charge in [-0.05, 0) is 49.0 Å². The SMILES string of the molecule is CCSCCCOc1ccc(CCC(C)=O)cc1. The zero-order chi connectivity index (χ0) is 13.2. The van der Waals surface area contributed by atoms with E-state index in [2.05, 4.69) is 6.92 Å². The van der Waals surface area contributed by atoms with Crippen LogP contribution in [-0.2, 0) is 11.2 Å². The van der Waals surface area contributed by atoms with Crippen LogP contribution >= 0.6 is 11.8 Å². The van der Waals surface area contributed by atoms with Gasteiger partial charge in [0.2, 0.25) is 0 Å². The highest BCUT2D eigenvalue weighted by molar-refractivity contribution is 7.99. The number of carbonyl (C=O) groups is 1. The Kier molecular flexibility index (Phi) is 7.58. The van der Waals surface area contributed by atoms with Gasteiger partial charge in [-0.2, -0.15) is 11.8 Å². The van der Waals surface area contributed by atoms with Gasteiger partial charge in [0.05, 0.1) is 6.61 Å². The highest BCUT2D eigenvalue weighted by Crippen LogP contribution is 2.14. The Morgan fingerprint density at radius 2 is 2.00 bits per heavy atom. The van der Waals surface area contributed by atoms with Gasteiger partial charge in [0, 0.05) is 6.42 Å². The molecule has 1 aromatic carbocycles. The summed E-state index contributed by atoms with van der Waals surface area (Å²) >= 11 is 1.94. The van der Waals surface area contributed by atoms with Crippen molar-refractivity contribution in [1.82, 2.24) is 0 Å². The van der Waals surface area contributed by atoms with Crippen molar-refractivity contribution >= 4 is 17.5 Å². The Morgan fingerprint density at radius 1 is 1.28 bits per heavy atom. The number of hydrogen-bond acceptors (Lipinski definition) is 3. The van der Waals surface area contributed by atoms with Gasteiger partial charge < -0.3 is 9.53 Å². The number of ketones is 1. The molecule has 0 aliphatic heterocycles. The number of rotatable bonds is 9. The van der Waals surface area contributed by atoms with Crippen LogP contribution in [0.1, 0.15) is 32.3 Å². The molecule has 0 spiro atoms. The maximum Gasteiger partial charge on any atom is 0.130 e. The van der Waals surface area contributed by atoms with Gasteiger partial charge in [-0.15, -0.1) is 0 Å². The molecule has 1 aromatic rings. The summed E-state index contributed by atoms with van der Waals surface area (Å²) < 4.78 is 5.65. The number of carbonyl (C=O) groups excluding carboxylic acids is 1. The molecule has 3 heteroatoms. The standard InChI is InChI=1S/C15H22O2S/c1-3-18-12-4-11-17-15-9-7-14(8-10-15)6-5-13(2)16/h7-10H,3-6,11-12H2,1-2H3. The lowest BCUT2D eigenvalue weighted by Crippen LogP contribution is -1.99.